The SMILES string of the molecule is CN=C(NCCCOC(C)c1ccccc1)NCCCc1nnc2ccccn12. The summed E-state index contributed by atoms with van der Waals surface area (Å²) in [4.78, 5) is 4.27. The zero-order valence-electron chi connectivity index (χ0n) is 17.2. The Bertz CT molecular complexity index is 892. The first-order chi connectivity index (χ1) is 14.3. The number of rotatable bonds is 10. The Kier molecular flexibility index (Phi) is 8.01. The molecular formula is C22H30N6O. The second kappa shape index (κ2) is 11.2. The average Bonchev–Trinajstić information content (AvgIpc) is 3.18. The largest absolute Gasteiger partial charge is 0.374 e. The molecule has 3 rings (SSSR count). The molecule has 7 heteroatoms. The zero-order chi connectivity index (χ0) is 20.3. The van der Waals surface area contributed by atoms with Crippen molar-refractivity contribution in [3.05, 3.63) is 66.1 Å². The Balaban J connectivity index is 1.28. The molecule has 2 aromatic heterocycles. The maximum absolute atomic E-state index is 5.90. The van der Waals surface area contributed by atoms with Gasteiger partial charge >= 0.3 is 0 Å². The summed E-state index contributed by atoms with van der Waals surface area (Å²) in [5.74, 6) is 1.79. The number of ether oxygens (including phenoxy) is 1. The van der Waals surface area contributed by atoms with E-state index < -0.39 is 0 Å². The lowest BCUT2D eigenvalue weighted by Crippen LogP contribution is -2.38. The minimum absolute atomic E-state index is 0.113. The summed E-state index contributed by atoms with van der Waals surface area (Å²) < 4.78 is 7.93. The van der Waals surface area contributed by atoms with Gasteiger partial charge in [0, 0.05) is 39.4 Å². The number of nitrogens with one attached hydrogen (secondary N) is 2. The fourth-order valence-corrected chi connectivity index (χ4v) is 3.09. The van der Waals surface area contributed by atoms with Crippen LogP contribution in [0.3, 0.4) is 0 Å². The molecule has 154 valence electrons. The van der Waals surface area contributed by atoms with E-state index in [1.807, 2.05) is 47.0 Å². The van der Waals surface area contributed by atoms with Gasteiger partial charge in [0.15, 0.2) is 11.6 Å². The first kappa shape index (κ1) is 20.8. The number of aliphatic imine (C=N–C) groups is 1. The summed E-state index contributed by atoms with van der Waals surface area (Å²) in [6.07, 6.45) is 4.85. The van der Waals surface area contributed by atoms with Crippen LogP contribution in [0.15, 0.2) is 59.7 Å². The van der Waals surface area contributed by atoms with E-state index in [1.165, 1.54) is 5.56 Å². The van der Waals surface area contributed by atoms with Crippen LogP contribution in [0.25, 0.3) is 5.65 Å². The van der Waals surface area contributed by atoms with E-state index in [0.29, 0.717) is 6.61 Å². The van der Waals surface area contributed by atoms with E-state index in [1.54, 1.807) is 7.05 Å². The van der Waals surface area contributed by atoms with Gasteiger partial charge in [0.1, 0.15) is 5.82 Å². The molecule has 2 N–H and O–H groups in total. The van der Waals surface area contributed by atoms with Crippen molar-refractivity contribution >= 4 is 11.6 Å². The predicted molar refractivity (Wildman–Crippen MR) is 116 cm³/mol. The summed E-state index contributed by atoms with van der Waals surface area (Å²) in [5.41, 5.74) is 2.09. The van der Waals surface area contributed by atoms with Crippen molar-refractivity contribution in [2.24, 2.45) is 4.99 Å². The van der Waals surface area contributed by atoms with Crippen molar-refractivity contribution in [3.63, 3.8) is 0 Å². The highest BCUT2D eigenvalue weighted by Crippen LogP contribution is 2.15. The molecule has 0 aliphatic rings. The number of benzene rings is 1. The maximum atomic E-state index is 5.90. The van der Waals surface area contributed by atoms with Gasteiger partial charge in [-0.2, -0.15) is 0 Å². The number of aromatic nitrogens is 3. The molecule has 2 heterocycles. The van der Waals surface area contributed by atoms with Gasteiger partial charge in [0.05, 0.1) is 6.10 Å². The fraction of sp³-hybridized carbons (Fsp3) is 0.409. The number of hydrogen-bond donors (Lipinski definition) is 2. The Morgan fingerprint density at radius 1 is 1.03 bits per heavy atom. The third-order valence-electron chi connectivity index (χ3n) is 4.73. The summed E-state index contributed by atoms with van der Waals surface area (Å²) >= 11 is 0. The van der Waals surface area contributed by atoms with Gasteiger partial charge in [-0.05, 0) is 37.5 Å². The quantitative estimate of drug-likeness (QED) is 0.314. The normalized spacial score (nSPS) is 12.8. The molecule has 7 nitrogen and oxygen atoms in total. The average molecular weight is 395 g/mol. The first-order valence-corrected chi connectivity index (χ1v) is 10.2. The summed E-state index contributed by atoms with van der Waals surface area (Å²) in [5, 5.41) is 15.1. The van der Waals surface area contributed by atoms with Gasteiger partial charge < -0.3 is 15.4 Å². The predicted octanol–water partition coefficient (Wildman–Crippen LogP) is 2.99. The second-order valence-electron chi connectivity index (χ2n) is 6.85. The number of guanidine groups is 1. The fourth-order valence-electron chi connectivity index (χ4n) is 3.09. The van der Waals surface area contributed by atoms with Crippen LogP contribution >= 0.6 is 0 Å². The minimum Gasteiger partial charge on any atom is -0.374 e. The van der Waals surface area contributed by atoms with Gasteiger partial charge in [-0.1, -0.05) is 36.4 Å². The van der Waals surface area contributed by atoms with Gasteiger partial charge in [0.2, 0.25) is 0 Å². The Morgan fingerprint density at radius 2 is 1.79 bits per heavy atom. The van der Waals surface area contributed by atoms with E-state index in [4.69, 9.17) is 4.74 Å². The lowest BCUT2D eigenvalue weighted by atomic mass is 10.1. The van der Waals surface area contributed by atoms with Crippen LogP contribution in [0.1, 0.15) is 37.3 Å². The summed E-state index contributed by atoms with van der Waals surface area (Å²) in [6.45, 7) is 4.43. The highest BCUT2D eigenvalue weighted by molar-refractivity contribution is 5.79. The molecule has 3 aromatic rings. The molecule has 1 aromatic carbocycles. The van der Waals surface area contributed by atoms with Gasteiger partial charge in [-0.25, -0.2) is 0 Å². The van der Waals surface area contributed by atoms with Crippen molar-refractivity contribution in [2.45, 2.75) is 32.3 Å². The highest BCUT2D eigenvalue weighted by atomic mass is 16.5. The van der Waals surface area contributed by atoms with Crippen molar-refractivity contribution in [1.29, 1.82) is 0 Å². The lowest BCUT2D eigenvalue weighted by molar-refractivity contribution is 0.0646. The molecule has 0 bridgehead atoms. The van der Waals surface area contributed by atoms with Crippen molar-refractivity contribution in [3.8, 4) is 0 Å². The highest BCUT2D eigenvalue weighted by Gasteiger charge is 2.06. The molecule has 0 saturated carbocycles. The van der Waals surface area contributed by atoms with Crippen LogP contribution < -0.4 is 10.6 Å². The van der Waals surface area contributed by atoms with Crippen LogP contribution in [0.5, 0.6) is 0 Å². The molecular weight excluding hydrogens is 364 g/mol. The number of fused-ring (bicyclic) bond motifs is 1. The number of aryl methyl sites for hydroxylation is 1. The molecule has 0 fully saturated rings. The molecule has 0 radical (unpaired) electrons. The van der Waals surface area contributed by atoms with Gasteiger partial charge in [-0.3, -0.25) is 9.39 Å². The summed E-state index contributed by atoms with van der Waals surface area (Å²) in [6, 6.07) is 16.2. The van der Waals surface area contributed by atoms with E-state index in [0.717, 1.165) is 49.8 Å². The molecule has 1 unspecified atom stereocenters. The lowest BCUT2D eigenvalue weighted by Gasteiger charge is -2.14. The zero-order valence-corrected chi connectivity index (χ0v) is 17.2. The second-order valence-corrected chi connectivity index (χ2v) is 6.85. The molecule has 29 heavy (non-hydrogen) atoms. The van der Waals surface area contributed by atoms with E-state index in [2.05, 4.69) is 44.9 Å². The molecule has 0 amide bonds. The molecule has 0 aliphatic heterocycles. The molecule has 0 aliphatic carbocycles. The Hall–Kier alpha value is -2.93. The van der Waals surface area contributed by atoms with Crippen molar-refractivity contribution < 1.29 is 4.74 Å². The smallest absolute Gasteiger partial charge is 0.190 e. The Morgan fingerprint density at radius 3 is 2.59 bits per heavy atom. The molecule has 0 spiro atoms. The first-order valence-electron chi connectivity index (χ1n) is 10.2. The monoisotopic (exact) mass is 394 g/mol. The van der Waals surface area contributed by atoms with Crippen LogP contribution in [0.2, 0.25) is 0 Å². The third kappa shape index (κ3) is 6.29. The standard InChI is InChI=1S/C22H30N6O/c1-18(19-10-4-3-5-11-19)29-17-9-15-25-22(23-2)24-14-8-13-21-27-26-20-12-6-7-16-28(20)21/h3-7,10-12,16,18H,8-9,13-15,17H2,1-2H3,(H2,23,24,25). The molecule has 1 atom stereocenters. The maximum Gasteiger partial charge on any atom is 0.190 e. The summed E-state index contributed by atoms with van der Waals surface area (Å²) in [7, 11) is 1.79. The number of pyridine rings is 1. The number of nitrogens with zero attached hydrogens (tertiary/aromatic N) is 4. The topological polar surface area (TPSA) is 75.8 Å². The van der Waals surface area contributed by atoms with Gasteiger partial charge in [0.25, 0.3) is 0 Å². The van der Waals surface area contributed by atoms with Crippen LogP contribution in [0.4, 0.5) is 0 Å². The minimum atomic E-state index is 0.113. The van der Waals surface area contributed by atoms with Gasteiger partial charge in [-0.15, -0.1) is 10.2 Å². The van der Waals surface area contributed by atoms with E-state index in [9.17, 15) is 0 Å². The third-order valence-corrected chi connectivity index (χ3v) is 4.73. The van der Waals surface area contributed by atoms with Crippen molar-refractivity contribution in [1.82, 2.24) is 25.2 Å². The van der Waals surface area contributed by atoms with E-state index >= 15 is 0 Å². The number of hydrogen-bond acceptors (Lipinski definition) is 4. The van der Waals surface area contributed by atoms with Crippen molar-refractivity contribution in [2.75, 3.05) is 26.7 Å². The van der Waals surface area contributed by atoms with Crippen LogP contribution in [-0.2, 0) is 11.2 Å². The van der Waals surface area contributed by atoms with Crippen LogP contribution in [-0.4, -0.2) is 47.3 Å². The van der Waals surface area contributed by atoms with E-state index in [-0.39, 0.29) is 6.10 Å². The molecule has 0 saturated heterocycles. The Labute approximate surface area is 172 Å². The van der Waals surface area contributed by atoms with Crippen LogP contribution in [0, 0.1) is 0 Å².